The third-order valence-electron chi connectivity index (χ3n) is 5.84. The van der Waals surface area contributed by atoms with Crippen molar-refractivity contribution in [3.8, 4) is 0 Å². The number of rotatable bonds is 3. The molecule has 1 N–H and O–H groups in total. The van der Waals surface area contributed by atoms with Gasteiger partial charge >= 0.3 is 6.03 Å². The second-order valence-corrected chi connectivity index (χ2v) is 7.33. The molecule has 134 valence electrons. The van der Waals surface area contributed by atoms with Crippen molar-refractivity contribution >= 4 is 17.6 Å². The number of hydrogen-bond donors (Lipinski definition) is 1. The molecular weight excluding hydrogens is 316 g/mol. The van der Waals surface area contributed by atoms with Gasteiger partial charge in [0, 0.05) is 43.0 Å². The van der Waals surface area contributed by atoms with Gasteiger partial charge in [-0.05, 0) is 57.5 Å². The molecule has 3 aliphatic rings. The Bertz CT molecular complexity index is 677. The van der Waals surface area contributed by atoms with Crippen LogP contribution in [0.4, 0.5) is 10.5 Å². The van der Waals surface area contributed by atoms with Crippen LogP contribution in [0, 0.1) is 0 Å². The number of nitrogens with zero attached hydrogens (tertiary/aromatic N) is 3. The Kier molecular flexibility index (Phi) is 4.37. The predicted molar refractivity (Wildman–Crippen MR) is 96.9 cm³/mol. The third kappa shape index (κ3) is 2.99. The minimum Gasteiger partial charge on any atom is -0.336 e. The van der Waals surface area contributed by atoms with Crippen LogP contribution in [0.5, 0.6) is 0 Å². The number of carbonyl (C=O) groups is 2. The molecule has 3 aliphatic heterocycles. The summed E-state index contributed by atoms with van der Waals surface area (Å²) in [5.41, 5.74) is 1.49. The van der Waals surface area contributed by atoms with Crippen LogP contribution in [0.25, 0.3) is 0 Å². The van der Waals surface area contributed by atoms with Gasteiger partial charge in [-0.3, -0.25) is 9.69 Å². The van der Waals surface area contributed by atoms with Crippen molar-refractivity contribution in [2.24, 2.45) is 0 Å². The highest BCUT2D eigenvalue weighted by Gasteiger charge is 2.38. The van der Waals surface area contributed by atoms with Gasteiger partial charge in [-0.2, -0.15) is 0 Å². The lowest BCUT2D eigenvalue weighted by Gasteiger charge is -2.33. The molecule has 6 heteroatoms. The summed E-state index contributed by atoms with van der Waals surface area (Å²) in [6.45, 7) is 3.26. The summed E-state index contributed by atoms with van der Waals surface area (Å²) in [5, 5.41) is 2.81. The highest BCUT2D eigenvalue weighted by atomic mass is 16.2. The van der Waals surface area contributed by atoms with E-state index in [4.69, 9.17) is 0 Å². The highest BCUT2D eigenvalue weighted by molar-refractivity contribution is 5.98. The van der Waals surface area contributed by atoms with Crippen LogP contribution in [-0.4, -0.2) is 67.0 Å². The van der Waals surface area contributed by atoms with E-state index in [1.807, 2.05) is 24.3 Å². The molecule has 0 aromatic heterocycles. The van der Waals surface area contributed by atoms with Gasteiger partial charge in [-0.15, -0.1) is 0 Å². The van der Waals surface area contributed by atoms with Crippen molar-refractivity contribution in [3.05, 3.63) is 29.8 Å². The van der Waals surface area contributed by atoms with Gasteiger partial charge in [0.1, 0.15) is 0 Å². The molecule has 25 heavy (non-hydrogen) atoms. The zero-order valence-electron chi connectivity index (χ0n) is 14.8. The van der Waals surface area contributed by atoms with Gasteiger partial charge in [-0.1, -0.05) is 6.07 Å². The van der Waals surface area contributed by atoms with E-state index in [0.29, 0.717) is 30.7 Å². The second kappa shape index (κ2) is 6.67. The van der Waals surface area contributed by atoms with Gasteiger partial charge < -0.3 is 15.1 Å². The lowest BCUT2D eigenvalue weighted by atomic mass is 10.0. The number of hydrogen-bond acceptors (Lipinski definition) is 3. The monoisotopic (exact) mass is 342 g/mol. The number of nitrogens with one attached hydrogen (secondary N) is 1. The fraction of sp³-hybridized carbons (Fsp3) is 0.579. The van der Waals surface area contributed by atoms with Crippen molar-refractivity contribution in [1.82, 2.24) is 15.1 Å². The smallest absolute Gasteiger partial charge is 0.321 e. The van der Waals surface area contributed by atoms with Crippen LogP contribution in [-0.2, 0) is 0 Å². The van der Waals surface area contributed by atoms with Crippen molar-refractivity contribution in [3.63, 3.8) is 0 Å². The Morgan fingerprint density at radius 1 is 1.12 bits per heavy atom. The maximum absolute atomic E-state index is 13.2. The molecule has 3 amide bonds. The van der Waals surface area contributed by atoms with Crippen molar-refractivity contribution in [2.75, 3.05) is 38.1 Å². The largest absolute Gasteiger partial charge is 0.336 e. The predicted octanol–water partition coefficient (Wildman–Crippen LogP) is 1.91. The van der Waals surface area contributed by atoms with Gasteiger partial charge in [0.2, 0.25) is 0 Å². The summed E-state index contributed by atoms with van der Waals surface area (Å²) in [5.74, 6) is 0.101. The molecular formula is C19H26N4O2. The fourth-order valence-corrected chi connectivity index (χ4v) is 4.56. The quantitative estimate of drug-likeness (QED) is 0.913. The molecule has 3 fully saturated rings. The van der Waals surface area contributed by atoms with Gasteiger partial charge in [0.05, 0.1) is 0 Å². The van der Waals surface area contributed by atoms with Gasteiger partial charge in [0.15, 0.2) is 0 Å². The standard InChI is InChI=1S/C19H26N4O2/c1-21-10-3-7-16(21)17-8-4-11-23(17)18(24)14-5-2-6-15(13-14)22-12-9-20-19(22)25/h2,5-6,13,16-17H,3-4,7-12H2,1H3,(H,20,25)/t16-,17-/m1/s1. The Morgan fingerprint density at radius 3 is 2.64 bits per heavy atom. The summed E-state index contributed by atoms with van der Waals surface area (Å²) in [6.07, 6.45) is 4.57. The Hall–Kier alpha value is -2.08. The average Bonchev–Trinajstić information content (AvgIpc) is 3.34. The summed E-state index contributed by atoms with van der Waals surface area (Å²) in [7, 11) is 2.17. The molecule has 0 saturated carbocycles. The molecule has 0 bridgehead atoms. The van der Waals surface area contributed by atoms with Crippen LogP contribution >= 0.6 is 0 Å². The van der Waals surface area contributed by atoms with E-state index in [9.17, 15) is 9.59 Å². The number of carbonyl (C=O) groups excluding carboxylic acids is 2. The van der Waals surface area contributed by atoms with E-state index in [0.717, 1.165) is 31.6 Å². The number of urea groups is 1. The minimum atomic E-state index is -0.0868. The molecule has 3 saturated heterocycles. The molecule has 4 rings (SSSR count). The fourth-order valence-electron chi connectivity index (χ4n) is 4.56. The average molecular weight is 342 g/mol. The van der Waals surface area contributed by atoms with Crippen LogP contribution in [0.15, 0.2) is 24.3 Å². The maximum atomic E-state index is 13.2. The lowest BCUT2D eigenvalue weighted by molar-refractivity contribution is 0.0664. The summed E-state index contributed by atoms with van der Waals surface area (Å²) >= 11 is 0. The Labute approximate surface area is 148 Å². The summed E-state index contributed by atoms with van der Waals surface area (Å²) in [6, 6.07) is 8.22. The van der Waals surface area contributed by atoms with E-state index < -0.39 is 0 Å². The number of amides is 3. The van der Waals surface area contributed by atoms with Gasteiger partial charge in [0.25, 0.3) is 5.91 Å². The first kappa shape index (κ1) is 16.4. The van der Waals surface area contributed by atoms with Crippen LogP contribution in [0.2, 0.25) is 0 Å². The van der Waals surface area contributed by atoms with E-state index in [1.54, 1.807) is 4.90 Å². The molecule has 1 aromatic rings. The van der Waals surface area contributed by atoms with E-state index in [2.05, 4.69) is 22.2 Å². The molecule has 3 heterocycles. The van der Waals surface area contributed by atoms with E-state index >= 15 is 0 Å². The van der Waals surface area contributed by atoms with Crippen LogP contribution in [0.1, 0.15) is 36.0 Å². The first-order valence-corrected chi connectivity index (χ1v) is 9.32. The number of benzene rings is 1. The Balaban J connectivity index is 1.55. The first-order valence-electron chi connectivity index (χ1n) is 9.32. The normalized spacial score (nSPS) is 27.2. The Morgan fingerprint density at radius 2 is 1.92 bits per heavy atom. The minimum absolute atomic E-state index is 0.0868. The topological polar surface area (TPSA) is 55.9 Å². The molecule has 0 spiro atoms. The third-order valence-corrected chi connectivity index (χ3v) is 5.84. The SMILES string of the molecule is CN1CCC[C@@H]1[C@H]1CCCN1C(=O)c1cccc(N2CCNC2=O)c1. The van der Waals surface area contributed by atoms with Crippen molar-refractivity contribution in [1.29, 1.82) is 0 Å². The van der Waals surface area contributed by atoms with E-state index in [-0.39, 0.29) is 11.9 Å². The molecule has 6 nitrogen and oxygen atoms in total. The molecule has 0 unspecified atom stereocenters. The van der Waals surface area contributed by atoms with Crippen LogP contribution in [0.3, 0.4) is 0 Å². The molecule has 2 atom stereocenters. The molecule has 0 radical (unpaired) electrons. The number of likely N-dealkylation sites (tertiary alicyclic amines) is 2. The lowest BCUT2D eigenvalue weighted by Crippen LogP contribution is -2.47. The van der Waals surface area contributed by atoms with Gasteiger partial charge in [-0.25, -0.2) is 4.79 Å². The zero-order valence-corrected chi connectivity index (χ0v) is 14.8. The summed E-state index contributed by atoms with van der Waals surface area (Å²) in [4.78, 5) is 31.2. The van der Waals surface area contributed by atoms with Crippen LogP contribution < -0.4 is 10.2 Å². The van der Waals surface area contributed by atoms with E-state index in [1.165, 1.54) is 12.8 Å². The first-order chi connectivity index (χ1) is 12.1. The second-order valence-electron chi connectivity index (χ2n) is 7.33. The number of anilines is 1. The highest BCUT2D eigenvalue weighted by Crippen LogP contribution is 2.30. The zero-order chi connectivity index (χ0) is 17.4. The molecule has 1 aromatic carbocycles. The maximum Gasteiger partial charge on any atom is 0.321 e. The molecule has 0 aliphatic carbocycles. The van der Waals surface area contributed by atoms with Crippen molar-refractivity contribution < 1.29 is 9.59 Å². The number of likely N-dealkylation sites (N-methyl/N-ethyl adjacent to an activating group) is 1. The van der Waals surface area contributed by atoms with Crippen molar-refractivity contribution in [2.45, 2.75) is 37.8 Å². The summed E-state index contributed by atoms with van der Waals surface area (Å²) < 4.78 is 0.